The minimum Gasteiger partial charge on any atom is -0.344 e. The fourth-order valence-corrected chi connectivity index (χ4v) is 1.72. The molecule has 0 aliphatic heterocycles. The van der Waals surface area contributed by atoms with Crippen LogP contribution in [0.3, 0.4) is 0 Å². The molecule has 0 radical (unpaired) electrons. The molecule has 0 saturated carbocycles. The number of carbonyl (C=O) groups excluding carboxylic acids is 1. The van der Waals surface area contributed by atoms with Crippen LogP contribution >= 0.6 is 0 Å². The Labute approximate surface area is 111 Å². The second-order valence-electron chi connectivity index (χ2n) is 4.19. The molecule has 98 valence electrons. The first kappa shape index (κ1) is 13.2. The highest BCUT2D eigenvalue weighted by molar-refractivity contribution is 5.94. The van der Waals surface area contributed by atoms with E-state index in [1.165, 1.54) is 0 Å². The van der Waals surface area contributed by atoms with Crippen molar-refractivity contribution in [3.8, 4) is 0 Å². The van der Waals surface area contributed by atoms with E-state index in [0.717, 1.165) is 5.69 Å². The summed E-state index contributed by atoms with van der Waals surface area (Å²) in [4.78, 5) is 20.4. The van der Waals surface area contributed by atoms with Gasteiger partial charge in [0.05, 0.1) is 17.4 Å². The summed E-state index contributed by atoms with van der Waals surface area (Å²) >= 11 is 0. The van der Waals surface area contributed by atoms with Crippen LogP contribution in [0.1, 0.15) is 34.7 Å². The Morgan fingerprint density at radius 1 is 1.32 bits per heavy atom. The molecule has 1 atom stereocenters. The normalized spacial score (nSPS) is 11.9. The lowest BCUT2D eigenvalue weighted by Crippen LogP contribution is -2.27. The number of pyridine rings is 2. The number of nitrogens with two attached hydrogens (primary N) is 1. The van der Waals surface area contributed by atoms with Gasteiger partial charge in [0, 0.05) is 24.5 Å². The van der Waals surface area contributed by atoms with Gasteiger partial charge < -0.3 is 11.1 Å². The third-order valence-electron chi connectivity index (χ3n) is 2.77. The van der Waals surface area contributed by atoms with E-state index < -0.39 is 0 Å². The van der Waals surface area contributed by atoms with Gasteiger partial charge in [-0.2, -0.15) is 0 Å². The Morgan fingerprint density at radius 3 is 2.84 bits per heavy atom. The number of aromatic nitrogens is 2. The molecule has 2 rings (SSSR count). The summed E-state index contributed by atoms with van der Waals surface area (Å²) < 4.78 is 0. The van der Waals surface area contributed by atoms with E-state index >= 15 is 0 Å². The van der Waals surface area contributed by atoms with Crippen molar-refractivity contribution in [3.05, 3.63) is 59.7 Å². The summed E-state index contributed by atoms with van der Waals surface area (Å²) in [5.74, 6) is -0.157. The van der Waals surface area contributed by atoms with E-state index in [2.05, 4.69) is 15.3 Å². The molecule has 0 bridgehead atoms. The Bertz CT molecular complexity index is 556. The minimum absolute atomic E-state index is 0.150. The van der Waals surface area contributed by atoms with E-state index in [1.807, 2.05) is 25.1 Å². The molecular formula is C14H16N4O. The molecule has 0 saturated heterocycles. The van der Waals surface area contributed by atoms with E-state index in [1.54, 1.807) is 24.5 Å². The second kappa shape index (κ2) is 6.06. The fraction of sp³-hybridized carbons (Fsp3) is 0.214. The first-order chi connectivity index (χ1) is 9.20. The van der Waals surface area contributed by atoms with Crippen molar-refractivity contribution in [1.29, 1.82) is 0 Å². The lowest BCUT2D eigenvalue weighted by atomic mass is 10.1. The molecule has 5 nitrogen and oxygen atoms in total. The monoisotopic (exact) mass is 256 g/mol. The molecule has 0 fully saturated rings. The smallest absolute Gasteiger partial charge is 0.251 e. The van der Waals surface area contributed by atoms with Crippen LogP contribution < -0.4 is 11.1 Å². The van der Waals surface area contributed by atoms with Gasteiger partial charge in [-0.25, -0.2) is 0 Å². The highest BCUT2D eigenvalue weighted by Crippen LogP contribution is 2.10. The number of nitrogens with zero attached hydrogens (tertiary/aromatic N) is 2. The molecule has 0 aliphatic rings. The summed E-state index contributed by atoms with van der Waals surface area (Å²) in [5, 5.41) is 2.89. The maximum absolute atomic E-state index is 12.1. The van der Waals surface area contributed by atoms with Crippen molar-refractivity contribution in [3.63, 3.8) is 0 Å². The van der Waals surface area contributed by atoms with Gasteiger partial charge in [-0.3, -0.25) is 14.8 Å². The predicted molar refractivity (Wildman–Crippen MR) is 72.2 cm³/mol. The number of carbonyl (C=O) groups is 1. The van der Waals surface area contributed by atoms with E-state index in [9.17, 15) is 4.79 Å². The summed E-state index contributed by atoms with van der Waals surface area (Å²) in [5.41, 5.74) is 7.58. The van der Waals surface area contributed by atoms with Crippen molar-refractivity contribution in [2.45, 2.75) is 19.5 Å². The van der Waals surface area contributed by atoms with E-state index in [0.29, 0.717) is 17.8 Å². The zero-order valence-corrected chi connectivity index (χ0v) is 10.7. The van der Waals surface area contributed by atoms with Gasteiger partial charge in [-0.15, -0.1) is 0 Å². The molecule has 5 heteroatoms. The summed E-state index contributed by atoms with van der Waals surface area (Å²) in [6.07, 6.45) is 3.29. The zero-order chi connectivity index (χ0) is 13.7. The van der Waals surface area contributed by atoms with Crippen molar-refractivity contribution in [2.24, 2.45) is 5.73 Å². The van der Waals surface area contributed by atoms with Gasteiger partial charge in [0.25, 0.3) is 5.91 Å². The largest absolute Gasteiger partial charge is 0.344 e. The number of amides is 1. The molecule has 2 heterocycles. The van der Waals surface area contributed by atoms with Crippen molar-refractivity contribution >= 4 is 5.91 Å². The molecule has 1 amide bonds. The summed E-state index contributed by atoms with van der Waals surface area (Å²) in [6.45, 7) is 2.21. The number of hydrogen-bond acceptors (Lipinski definition) is 4. The fourth-order valence-electron chi connectivity index (χ4n) is 1.72. The van der Waals surface area contributed by atoms with Gasteiger partial charge in [0.2, 0.25) is 0 Å². The minimum atomic E-state index is -0.157. The lowest BCUT2D eigenvalue weighted by Gasteiger charge is -2.13. The topological polar surface area (TPSA) is 80.9 Å². The number of hydrogen-bond donors (Lipinski definition) is 2. The lowest BCUT2D eigenvalue weighted by molar-refractivity contribution is 0.0939. The molecule has 0 spiro atoms. The molecular weight excluding hydrogens is 240 g/mol. The highest BCUT2D eigenvalue weighted by Gasteiger charge is 2.12. The van der Waals surface area contributed by atoms with Crippen LogP contribution in [-0.2, 0) is 6.54 Å². The zero-order valence-electron chi connectivity index (χ0n) is 10.7. The molecule has 2 aromatic heterocycles. The van der Waals surface area contributed by atoms with Crippen molar-refractivity contribution in [1.82, 2.24) is 15.3 Å². The van der Waals surface area contributed by atoms with Gasteiger partial charge in [0.15, 0.2) is 0 Å². The quantitative estimate of drug-likeness (QED) is 0.867. The molecule has 0 aliphatic carbocycles. The first-order valence-electron chi connectivity index (χ1n) is 6.07. The van der Waals surface area contributed by atoms with E-state index in [-0.39, 0.29) is 11.9 Å². The van der Waals surface area contributed by atoms with E-state index in [4.69, 9.17) is 5.73 Å². The van der Waals surface area contributed by atoms with Crippen LogP contribution in [0, 0.1) is 0 Å². The average Bonchev–Trinajstić information content (AvgIpc) is 2.48. The van der Waals surface area contributed by atoms with Crippen LogP contribution in [0.5, 0.6) is 0 Å². The average molecular weight is 256 g/mol. The molecule has 0 aromatic carbocycles. The van der Waals surface area contributed by atoms with Crippen LogP contribution in [0.2, 0.25) is 0 Å². The van der Waals surface area contributed by atoms with Crippen LogP contribution in [0.25, 0.3) is 0 Å². The van der Waals surface area contributed by atoms with Gasteiger partial charge >= 0.3 is 0 Å². The van der Waals surface area contributed by atoms with Crippen molar-refractivity contribution < 1.29 is 4.79 Å². The third-order valence-corrected chi connectivity index (χ3v) is 2.77. The maximum atomic E-state index is 12.1. The number of rotatable bonds is 4. The van der Waals surface area contributed by atoms with Crippen LogP contribution in [0.4, 0.5) is 0 Å². The SMILES string of the molecule is C[C@@H](NC(=O)c1ccnc(CN)c1)c1ccccn1. The summed E-state index contributed by atoms with van der Waals surface area (Å²) in [7, 11) is 0. The predicted octanol–water partition coefficient (Wildman–Crippen LogP) is 1.43. The van der Waals surface area contributed by atoms with Crippen molar-refractivity contribution in [2.75, 3.05) is 0 Å². The van der Waals surface area contributed by atoms with Crippen LogP contribution in [-0.4, -0.2) is 15.9 Å². The molecule has 0 unspecified atom stereocenters. The Balaban J connectivity index is 2.08. The summed E-state index contributed by atoms with van der Waals surface area (Å²) in [6, 6.07) is 8.82. The van der Waals surface area contributed by atoms with Gasteiger partial charge in [-0.1, -0.05) is 6.07 Å². The maximum Gasteiger partial charge on any atom is 0.251 e. The molecule has 19 heavy (non-hydrogen) atoms. The highest BCUT2D eigenvalue weighted by atomic mass is 16.1. The standard InChI is InChI=1S/C14H16N4O/c1-10(13-4-2-3-6-17-13)18-14(19)11-5-7-16-12(8-11)9-15/h2-8,10H,9,15H2,1H3,(H,18,19)/t10-/m1/s1. The Morgan fingerprint density at radius 2 is 2.16 bits per heavy atom. The van der Waals surface area contributed by atoms with Gasteiger partial charge in [-0.05, 0) is 31.2 Å². The number of nitrogens with one attached hydrogen (secondary N) is 1. The van der Waals surface area contributed by atoms with Crippen LogP contribution in [0.15, 0.2) is 42.7 Å². The third kappa shape index (κ3) is 3.35. The molecule has 2 aromatic rings. The molecule has 3 N–H and O–H groups in total. The Kier molecular flexibility index (Phi) is 4.20. The second-order valence-corrected chi connectivity index (χ2v) is 4.19. The van der Waals surface area contributed by atoms with Gasteiger partial charge in [0.1, 0.15) is 0 Å². The first-order valence-corrected chi connectivity index (χ1v) is 6.07. The Hall–Kier alpha value is -2.27.